The van der Waals surface area contributed by atoms with Crippen LogP contribution < -0.4 is 5.73 Å². The number of aromatic hydroxyl groups is 1. The van der Waals surface area contributed by atoms with Gasteiger partial charge in [-0.1, -0.05) is 18.2 Å². The Balaban J connectivity index is 0.000000853. The SMILES string of the molecule is Cl.Nc1cc2c3c(cccc3c1O)CC2. The normalized spacial score (nSPS) is 12.8. The minimum atomic E-state index is 0. The van der Waals surface area contributed by atoms with Crippen molar-refractivity contribution in [3.8, 4) is 5.75 Å². The molecule has 3 rings (SSSR count). The maximum absolute atomic E-state index is 9.81. The second-order valence-electron chi connectivity index (χ2n) is 3.81. The average molecular weight is 222 g/mol. The van der Waals surface area contributed by atoms with Gasteiger partial charge in [0.1, 0.15) is 5.75 Å². The summed E-state index contributed by atoms with van der Waals surface area (Å²) >= 11 is 0. The highest BCUT2D eigenvalue weighted by Gasteiger charge is 2.17. The molecule has 2 nitrogen and oxygen atoms in total. The van der Waals surface area contributed by atoms with Crippen molar-refractivity contribution >= 4 is 28.9 Å². The first kappa shape index (κ1) is 10.1. The first-order valence-corrected chi connectivity index (χ1v) is 4.79. The zero-order valence-corrected chi connectivity index (χ0v) is 8.97. The second-order valence-corrected chi connectivity index (χ2v) is 3.81. The minimum absolute atomic E-state index is 0. The fourth-order valence-corrected chi connectivity index (χ4v) is 2.34. The Labute approximate surface area is 94.1 Å². The molecule has 0 aliphatic heterocycles. The first-order valence-electron chi connectivity index (χ1n) is 4.79. The summed E-state index contributed by atoms with van der Waals surface area (Å²) in [4.78, 5) is 0. The lowest BCUT2D eigenvalue weighted by molar-refractivity contribution is 0.484. The van der Waals surface area contributed by atoms with Crippen LogP contribution in [0.2, 0.25) is 0 Å². The Morgan fingerprint density at radius 1 is 1.13 bits per heavy atom. The summed E-state index contributed by atoms with van der Waals surface area (Å²) in [5.74, 6) is 0.229. The summed E-state index contributed by atoms with van der Waals surface area (Å²) in [6.45, 7) is 0. The molecule has 3 heteroatoms. The van der Waals surface area contributed by atoms with Gasteiger partial charge in [0.2, 0.25) is 0 Å². The first-order chi connectivity index (χ1) is 6.77. The van der Waals surface area contributed by atoms with Gasteiger partial charge in [-0.25, -0.2) is 0 Å². The van der Waals surface area contributed by atoms with E-state index in [1.165, 1.54) is 16.5 Å². The van der Waals surface area contributed by atoms with Crippen LogP contribution in [0.15, 0.2) is 24.3 Å². The van der Waals surface area contributed by atoms with Crippen molar-refractivity contribution in [2.75, 3.05) is 5.73 Å². The largest absolute Gasteiger partial charge is 0.505 e. The van der Waals surface area contributed by atoms with E-state index < -0.39 is 0 Å². The van der Waals surface area contributed by atoms with E-state index in [9.17, 15) is 5.11 Å². The molecule has 0 spiro atoms. The molecule has 3 N–H and O–H groups in total. The molecule has 0 aromatic heterocycles. The predicted molar refractivity (Wildman–Crippen MR) is 64.7 cm³/mol. The number of benzene rings is 2. The van der Waals surface area contributed by atoms with Crippen molar-refractivity contribution in [1.29, 1.82) is 0 Å². The van der Waals surface area contributed by atoms with E-state index in [0.717, 1.165) is 18.2 Å². The average Bonchev–Trinajstić information content (AvgIpc) is 2.59. The highest BCUT2D eigenvalue weighted by molar-refractivity contribution is 5.98. The van der Waals surface area contributed by atoms with Gasteiger partial charge >= 0.3 is 0 Å². The molecule has 0 heterocycles. The van der Waals surface area contributed by atoms with Gasteiger partial charge < -0.3 is 10.8 Å². The minimum Gasteiger partial charge on any atom is -0.505 e. The summed E-state index contributed by atoms with van der Waals surface area (Å²) in [6.07, 6.45) is 2.11. The molecule has 0 bridgehead atoms. The van der Waals surface area contributed by atoms with Crippen molar-refractivity contribution < 1.29 is 5.11 Å². The van der Waals surface area contributed by atoms with Crippen molar-refractivity contribution in [3.05, 3.63) is 35.4 Å². The number of rotatable bonds is 0. The number of hydrogen-bond acceptors (Lipinski definition) is 2. The van der Waals surface area contributed by atoms with Crippen molar-refractivity contribution in [1.82, 2.24) is 0 Å². The van der Waals surface area contributed by atoms with Crippen LogP contribution >= 0.6 is 12.4 Å². The van der Waals surface area contributed by atoms with Gasteiger partial charge in [0.25, 0.3) is 0 Å². The molecule has 78 valence electrons. The summed E-state index contributed by atoms with van der Waals surface area (Å²) in [5.41, 5.74) is 8.82. The third-order valence-corrected chi connectivity index (χ3v) is 2.99. The lowest BCUT2D eigenvalue weighted by Gasteiger charge is -2.06. The van der Waals surface area contributed by atoms with E-state index >= 15 is 0 Å². The summed E-state index contributed by atoms with van der Waals surface area (Å²) in [7, 11) is 0. The lowest BCUT2D eigenvalue weighted by atomic mass is 10.0. The zero-order chi connectivity index (χ0) is 9.71. The number of nitrogens with two attached hydrogens (primary N) is 1. The van der Waals surface area contributed by atoms with Crippen LogP contribution in [0.3, 0.4) is 0 Å². The Kier molecular flexibility index (Phi) is 2.24. The van der Waals surface area contributed by atoms with Gasteiger partial charge in [0, 0.05) is 5.39 Å². The highest BCUT2D eigenvalue weighted by atomic mass is 35.5. The molecule has 0 unspecified atom stereocenters. The molecule has 0 fully saturated rings. The molecule has 1 aliphatic rings. The highest BCUT2D eigenvalue weighted by Crippen LogP contribution is 2.39. The second kappa shape index (κ2) is 3.31. The van der Waals surface area contributed by atoms with Crippen molar-refractivity contribution in [2.24, 2.45) is 0 Å². The summed E-state index contributed by atoms with van der Waals surface area (Å²) in [6, 6.07) is 7.92. The molecule has 0 amide bonds. The maximum atomic E-state index is 9.81. The van der Waals surface area contributed by atoms with E-state index in [-0.39, 0.29) is 18.2 Å². The third-order valence-electron chi connectivity index (χ3n) is 2.99. The van der Waals surface area contributed by atoms with Gasteiger partial charge in [-0.05, 0) is 35.4 Å². The standard InChI is InChI=1S/C12H11NO.ClH/c13-10-6-8-5-4-7-2-1-3-9(11(7)8)12(10)14;/h1-3,6,14H,4-5,13H2;1H. The number of hydrogen-bond donors (Lipinski definition) is 2. The Morgan fingerprint density at radius 2 is 1.87 bits per heavy atom. The smallest absolute Gasteiger partial charge is 0.146 e. The quantitative estimate of drug-likeness (QED) is 0.531. The molecule has 2 aromatic carbocycles. The van der Waals surface area contributed by atoms with Gasteiger partial charge in [0.05, 0.1) is 5.69 Å². The van der Waals surface area contributed by atoms with Gasteiger partial charge in [-0.2, -0.15) is 0 Å². The number of anilines is 1. The van der Waals surface area contributed by atoms with Crippen LogP contribution in [-0.4, -0.2) is 5.11 Å². The lowest BCUT2D eigenvalue weighted by Crippen LogP contribution is -1.89. The van der Waals surface area contributed by atoms with Crippen LogP contribution in [0, 0.1) is 0 Å². The molecule has 0 saturated heterocycles. The fraction of sp³-hybridized carbons (Fsp3) is 0.167. The van der Waals surface area contributed by atoms with Crippen LogP contribution in [0.1, 0.15) is 11.1 Å². The monoisotopic (exact) mass is 221 g/mol. The molecular weight excluding hydrogens is 210 g/mol. The van der Waals surface area contributed by atoms with Crippen LogP contribution in [0.25, 0.3) is 10.8 Å². The van der Waals surface area contributed by atoms with Gasteiger partial charge in [0.15, 0.2) is 0 Å². The summed E-state index contributed by atoms with van der Waals surface area (Å²) in [5, 5.41) is 11.9. The topological polar surface area (TPSA) is 46.2 Å². The number of nitrogen functional groups attached to an aromatic ring is 1. The van der Waals surface area contributed by atoms with E-state index in [1.54, 1.807) is 0 Å². The molecule has 15 heavy (non-hydrogen) atoms. The molecule has 2 aromatic rings. The Morgan fingerprint density at radius 3 is 2.67 bits per heavy atom. The van der Waals surface area contributed by atoms with Gasteiger partial charge in [-0.15, -0.1) is 12.4 Å². The maximum Gasteiger partial charge on any atom is 0.146 e. The Bertz CT molecular complexity index is 537. The number of phenolic OH excluding ortho intramolecular Hbond substituents is 1. The molecule has 0 saturated carbocycles. The van der Waals surface area contributed by atoms with Crippen molar-refractivity contribution in [3.63, 3.8) is 0 Å². The van der Waals surface area contributed by atoms with Crippen LogP contribution in [0.4, 0.5) is 5.69 Å². The molecular formula is C12H12ClNO. The predicted octanol–water partition coefficient (Wildman–Crippen LogP) is 2.65. The van der Waals surface area contributed by atoms with E-state index in [1.807, 2.05) is 18.2 Å². The third kappa shape index (κ3) is 1.25. The van der Waals surface area contributed by atoms with Crippen molar-refractivity contribution in [2.45, 2.75) is 12.8 Å². The van der Waals surface area contributed by atoms with E-state index in [4.69, 9.17) is 5.73 Å². The molecule has 1 aliphatic carbocycles. The van der Waals surface area contributed by atoms with Crippen LogP contribution in [0.5, 0.6) is 5.75 Å². The fourth-order valence-electron chi connectivity index (χ4n) is 2.34. The number of aryl methyl sites for hydroxylation is 2. The zero-order valence-electron chi connectivity index (χ0n) is 8.16. The van der Waals surface area contributed by atoms with E-state index in [2.05, 4.69) is 6.07 Å². The Hall–Kier alpha value is -1.41. The number of phenols is 1. The summed E-state index contributed by atoms with van der Waals surface area (Å²) < 4.78 is 0. The molecule has 0 atom stereocenters. The van der Waals surface area contributed by atoms with Gasteiger partial charge in [-0.3, -0.25) is 0 Å². The van der Waals surface area contributed by atoms with Crippen LogP contribution in [-0.2, 0) is 12.8 Å². The van der Waals surface area contributed by atoms with E-state index in [0.29, 0.717) is 5.69 Å². The number of halogens is 1. The molecule has 0 radical (unpaired) electrons.